The van der Waals surface area contributed by atoms with Crippen molar-refractivity contribution in [3.05, 3.63) is 77.0 Å². The van der Waals surface area contributed by atoms with E-state index in [1.54, 1.807) is 0 Å². The van der Waals surface area contributed by atoms with Crippen molar-refractivity contribution < 1.29 is 24.3 Å². The highest BCUT2D eigenvalue weighted by atomic mass is 16.4. The molecule has 4 rings (SSSR count). The minimum Gasteiger partial charge on any atom is -0.480 e. The molecule has 4 atom stereocenters. The number of nitrogens with two attached hydrogens (primary N) is 1. The lowest BCUT2D eigenvalue weighted by atomic mass is 9.87. The lowest BCUT2D eigenvalue weighted by molar-refractivity contribution is -0.142. The number of hydrogen-bond acceptors (Lipinski definition) is 6. The van der Waals surface area contributed by atoms with E-state index in [1.165, 1.54) is 0 Å². The fourth-order valence-corrected chi connectivity index (χ4v) is 5.51. The second kappa shape index (κ2) is 14.2. The zero-order chi connectivity index (χ0) is 30.2. The van der Waals surface area contributed by atoms with Gasteiger partial charge in [-0.2, -0.15) is 0 Å². The van der Waals surface area contributed by atoms with Gasteiger partial charge in [-0.15, -0.1) is 0 Å². The first-order valence-electron chi connectivity index (χ1n) is 14.7. The molecule has 1 aliphatic carbocycles. The fourth-order valence-electron chi connectivity index (χ4n) is 5.51. The lowest BCUT2D eigenvalue weighted by Crippen LogP contribution is -2.51. The Morgan fingerprint density at radius 1 is 1.00 bits per heavy atom. The minimum absolute atomic E-state index is 0.0464. The third kappa shape index (κ3) is 7.39. The smallest absolute Gasteiger partial charge is 0.328 e. The Balaban J connectivity index is 1.51. The van der Waals surface area contributed by atoms with E-state index in [2.05, 4.69) is 10.6 Å². The number of benzene rings is 2. The summed E-state index contributed by atoms with van der Waals surface area (Å²) in [6.07, 6.45) is 4.32. The number of rotatable bonds is 13. The SMILES string of the molecule is CC[C@H](C)[C@H](N)C(=O)C[C@@H](Cc1ccccc1)C(=O)N[C@@H](CNC(=O)c1c2c(nc3ccccc13)CCCC2)C(=O)O. The number of nitrogens with zero attached hydrogens (tertiary/aromatic N) is 1. The van der Waals surface area contributed by atoms with Crippen molar-refractivity contribution in [3.63, 3.8) is 0 Å². The summed E-state index contributed by atoms with van der Waals surface area (Å²) in [4.78, 5) is 56.9. The molecule has 9 heteroatoms. The number of pyridine rings is 1. The number of hydrogen-bond donors (Lipinski definition) is 4. The van der Waals surface area contributed by atoms with Crippen LogP contribution in [-0.4, -0.2) is 52.3 Å². The van der Waals surface area contributed by atoms with Gasteiger partial charge in [0.05, 0.1) is 17.1 Å². The lowest BCUT2D eigenvalue weighted by Gasteiger charge is -2.24. The second-order valence-corrected chi connectivity index (χ2v) is 11.2. The quantitative estimate of drug-likeness (QED) is 0.244. The molecule has 0 saturated heterocycles. The topological polar surface area (TPSA) is 151 Å². The molecular formula is C33H40N4O5. The summed E-state index contributed by atoms with van der Waals surface area (Å²) in [5.74, 6) is -3.36. The molecule has 1 heterocycles. The number of carbonyl (C=O) groups is 4. The van der Waals surface area contributed by atoms with Crippen LogP contribution in [0.1, 0.15) is 66.7 Å². The molecule has 1 aromatic heterocycles. The molecule has 0 bridgehead atoms. The number of fused-ring (bicyclic) bond motifs is 2. The Kier molecular flexibility index (Phi) is 10.4. The molecular weight excluding hydrogens is 532 g/mol. The van der Waals surface area contributed by atoms with Crippen LogP contribution in [-0.2, 0) is 33.6 Å². The fraction of sp³-hybridized carbons (Fsp3) is 0.424. The number of ketones is 1. The normalized spacial score (nSPS) is 15.6. The second-order valence-electron chi connectivity index (χ2n) is 11.2. The van der Waals surface area contributed by atoms with Crippen LogP contribution in [0.2, 0.25) is 0 Å². The first-order valence-corrected chi connectivity index (χ1v) is 14.7. The van der Waals surface area contributed by atoms with Gasteiger partial charge in [-0.3, -0.25) is 19.4 Å². The highest BCUT2D eigenvalue weighted by Gasteiger charge is 2.31. The first kappa shape index (κ1) is 30.8. The van der Waals surface area contributed by atoms with Crippen LogP contribution in [0, 0.1) is 11.8 Å². The predicted molar refractivity (Wildman–Crippen MR) is 161 cm³/mol. The highest BCUT2D eigenvalue weighted by Crippen LogP contribution is 2.29. The van der Waals surface area contributed by atoms with Crippen LogP contribution >= 0.6 is 0 Å². The molecule has 0 unspecified atom stereocenters. The van der Waals surface area contributed by atoms with Gasteiger partial charge in [-0.25, -0.2) is 4.79 Å². The van der Waals surface area contributed by atoms with Gasteiger partial charge in [0.2, 0.25) is 5.91 Å². The number of aliphatic carboxylic acids is 1. The van der Waals surface area contributed by atoms with Crippen molar-refractivity contribution in [2.75, 3.05) is 6.54 Å². The maximum absolute atomic E-state index is 13.5. The summed E-state index contributed by atoms with van der Waals surface area (Å²) in [6.45, 7) is 3.52. The zero-order valence-corrected chi connectivity index (χ0v) is 24.3. The summed E-state index contributed by atoms with van der Waals surface area (Å²) in [5, 5.41) is 16.0. The van der Waals surface area contributed by atoms with Gasteiger partial charge in [-0.1, -0.05) is 68.8 Å². The maximum Gasteiger partial charge on any atom is 0.328 e. The van der Waals surface area contributed by atoms with E-state index in [0.29, 0.717) is 10.9 Å². The minimum atomic E-state index is -1.39. The van der Waals surface area contributed by atoms with Crippen LogP contribution in [0.4, 0.5) is 0 Å². The number of amides is 2. The van der Waals surface area contributed by atoms with Crippen LogP contribution in [0.5, 0.6) is 0 Å². The monoisotopic (exact) mass is 572 g/mol. The largest absolute Gasteiger partial charge is 0.480 e. The Morgan fingerprint density at radius 2 is 1.69 bits per heavy atom. The zero-order valence-electron chi connectivity index (χ0n) is 24.3. The van der Waals surface area contributed by atoms with E-state index in [-0.39, 0.29) is 31.1 Å². The number of nitrogens with one attached hydrogen (secondary N) is 2. The third-order valence-corrected chi connectivity index (χ3v) is 8.25. The summed E-state index contributed by atoms with van der Waals surface area (Å²) in [5.41, 5.74) is 10.0. The molecule has 3 aromatic rings. The molecule has 1 aliphatic rings. The molecule has 2 aromatic carbocycles. The van der Waals surface area contributed by atoms with Gasteiger partial charge in [0.15, 0.2) is 5.78 Å². The van der Waals surface area contributed by atoms with Gasteiger partial charge >= 0.3 is 5.97 Å². The van der Waals surface area contributed by atoms with Gasteiger partial charge in [0, 0.05) is 30.0 Å². The Morgan fingerprint density at radius 3 is 2.40 bits per heavy atom. The average Bonchev–Trinajstić information content (AvgIpc) is 3.00. The summed E-state index contributed by atoms with van der Waals surface area (Å²) < 4.78 is 0. The van der Waals surface area contributed by atoms with E-state index < -0.39 is 35.8 Å². The molecule has 0 fully saturated rings. The molecule has 222 valence electrons. The molecule has 9 nitrogen and oxygen atoms in total. The van der Waals surface area contributed by atoms with Crippen molar-refractivity contribution in [2.45, 2.75) is 70.9 Å². The van der Waals surface area contributed by atoms with Crippen molar-refractivity contribution in [2.24, 2.45) is 17.6 Å². The van der Waals surface area contributed by atoms with Crippen molar-refractivity contribution in [1.82, 2.24) is 15.6 Å². The number of carbonyl (C=O) groups excluding carboxylic acids is 3. The standard InChI is InChI=1S/C33H40N4O5/c1-3-20(2)30(34)28(38)18-22(17-21-11-5-4-6-12-21)31(39)37-27(33(41)42)19-35-32(40)29-23-13-7-9-15-25(23)36-26-16-10-8-14-24(26)29/h4-7,9,11-13,15,20,22,27,30H,3,8,10,14,16-19,34H2,1-2H3,(H,35,40)(H,37,39)(H,41,42)/t20-,22+,27-,30-/m0/s1. The molecule has 0 aliphatic heterocycles. The van der Waals surface area contributed by atoms with Crippen molar-refractivity contribution >= 4 is 34.5 Å². The van der Waals surface area contributed by atoms with E-state index in [4.69, 9.17) is 10.7 Å². The number of aryl methyl sites for hydroxylation is 1. The maximum atomic E-state index is 13.5. The Bertz CT molecular complexity index is 1440. The van der Waals surface area contributed by atoms with Gasteiger partial charge < -0.3 is 21.5 Å². The predicted octanol–water partition coefficient (Wildman–Crippen LogP) is 3.60. The van der Waals surface area contributed by atoms with E-state index >= 15 is 0 Å². The molecule has 0 radical (unpaired) electrons. The Labute approximate surface area is 246 Å². The Hall–Kier alpha value is -4.11. The highest BCUT2D eigenvalue weighted by molar-refractivity contribution is 6.08. The number of aromatic nitrogens is 1. The summed E-state index contributed by atoms with van der Waals surface area (Å²) in [7, 11) is 0. The van der Waals surface area contributed by atoms with Crippen LogP contribution in [0.15, 0.2) is 54.6 Å². The molecule has 42 heavy (non-hydrogen) atoms. The number of Topliss-reactive ketones (excluding diaryl/α,β-unsaturated/α-hetero) is 1. The average molecular weight is 573 g/mol. The summed E-state index contributed by atoms with van der Waals surface area (Å²) in [6, 6.07) is 14.6. The van der Waals surface area contributed by atoms with E-state index in [1.807, 2.05) is 68.4 Å². The first-order chi connectivity index (χ1) is 20.2. The van der Waals surface area contributed by atoms with Crippen LogP contribution in [0.3, 0.4) is 0 Å². The molecule has 2 amide bonds. The summed E-state index contributed by atoms with van der Waals surface area (Å²) >= 11 is 0. The van der Waals surface area contributed by atoms with Crippen molar-refractivity contribution in [1.29, 1.82) is 0 Å². The van der Waals surface area contributed by atoms with Crippen LogP contribution < -0.4 is 16.4 Å². The number of carboxylic acid groups (broad SMARTS) is 1. The van der Waals surface area contributed by atoms with Crippen molar-refractivity contribution in [3.8, 4) is 0 Å². The van der Waals surface area contributed by atoms with Gasteiger partial charge in [0.1, 0.15) is 6.04 Å². The van der Waals surface area contributed by atoms with E-state index in [0.717, 1.165) is 54.4 Å². The van der Waals surface area contributed by atoms with Gasteiger partial charge in [-0.05, 0) is 55.2 Å². The van der Waals surface area contributed by atoms with E-state index in [9.17, 15) is 24.3 Å². The molecule has 0 saturated carbocycles. The number of para-hydroxylation sites is 1. The molecule has 5 N–H and O–H groups in total. The van der Waals surface area contributed by atoms with Crippen LogP contribution in [0.25, 0.3) is 10.9 Å². The third-order valence-electron chi connectivity index (χ3n) is 8.25. The van der Waals surface area contributed by atoms with Gasteiger partial charge in [0.25, 0.3) is 5.91 Å². The molecule has 0 spiro atoms. The number of carboxylic acids is 1.